The van der Waals surface area contributed by atoms with Crippen LogP contribution in [-0.2, 0) is 10.0 Å². The van der Waals surface area contributed by atoms with Crippen LogP contribution in [0.5, 0.6) is 0 Å². The fraction of sp³-hybridized carbons (Fsp3) is 0.133. The Morgan fingerprint density at radius 3 is 1.29 bits per heavy atom. The normalized spacial score (nSPS) is 12.4. The van der Waals surface area contributed by atoms with Crippen LogP contribution in [-0.4, -0.2) is 12.4 Å². The van der Waals surface area contributed by atoms with Gasteiger partial charge < -0.3 is 0 Å². The summed E-state index contributed by atoms with van der Waals surface area (Å²) in [7, 11) is -3.82. The molecule has 0 amide bonds. The van der Waals surface area contributed by atoms with Crippen molar-refractivity contribution in [3.63, 3.8) is 0 Å². The second-order valence-corrected chi connectivity index (χ2v) is 11.1. The summed E-state index contributed by atoms with van der Waals surface area (Å²) in [6.45, 7) is 8.37. The topological polar surface area (TPSA) is 39.1 Å². The largest absolute Gasteiger partial charge is 0.268 e. The fourth-order valence-corrected chi connectivity index (χ4v) is 6.73. The third kappa shape index (κ3) is 2.85. The summed E-state index contributed by atoms with van der Waals surface area (Å²) in [6, 6.07) is 25.6. The minimum atomic E-state index is -3.82. The van der Waals surface area contributed by atoms with Gasteiger partial charge in [0.05, 0.1) is 15.9 Å². The summed E-state index contributed by atoms with van der Waals surface area (Å²) < 4.78 is 29.7. The Bertz CT molecular complexity index is 1790. The van der Waals surface area contributed by atoms with Gasteiger partial charge >= 0.3 is 0 Å². The Labute approximate surface area is 199 Å². The van der Waals surface area contributed by atoms with Gasteiger partial charge in [-0.2, -0.15) is 0 Å². The van der Waals surface area contributed by atoms with E-state index in [-0.39, 0.29) is 4.90 Å². The molecule has 0 bridgehead atoms. The van der Waals surface area contributed by atoms with E-state index in [1.54, 1.807) is 28.2 Å². The van der Waals surface area contributed by atoms with Crippen molar-refractivity contribution in [2.45, 2.75) is 32.6 Å². The maximum Gasteiger partial charge on any atom is 0.268 e. The van der Waals surface area contributed by atoms with Crippen molar-refractivity contribution in [2.24, 2.45) is 0 Å². The first-order valence-electron chi connectivity index (χ1n) is 11.5. The number of hydrogen-bond acceptors (Lipinski definition) is 2. The number of benzene rings is 5. The van der Waals surface area contributed by atoms with Gasteiger partial charge in [-0.1, -0.05) is 42.5 Å². The van der Waals surface area contributed by atoms with Crippen LogP contribution < -0.4 is 0 Å². The zero-order chi connectivity index (χ0) is 23.8. The van der Waals surface area contributed by atoms with Crippen LogP contribution >= 0.6 is 0 Å². The molecular formula is C30H25NO2S. The molecule has 4 heteroatoms. The average Bonchev–Trinajstić information content (AvgIpc) is 3.16. The molecule has 0 radical (unpaired) electrons. The van der Waals surface area contributed by atoms with Gasteiger partial charge in [0.15, 0.2) is 0 Å². The summed E-state index contributed by atoms with van der Waals surface area (Å²) in [5.41, 5.74) is 6.06. The molecule has 5 aromatic carbocycles. The van der Waals surface area contributed by atoms with Crippen LogP contribution in [0, 0.1) is 27.7 Å². The zero-order valence-electron chi connectivity index (χ0n) is 19.7. The molecule has 3 nitrogen and oxygen atoms in total. The molecule has 168 valence electrons. The molecule has 0 N–H and O–H groups in total. The third-order valence-electron chi connectivity index (χ3n) is 7.15. The van der Waals surface area contributed by atoms with Crippen LogP contribution in [0.4, 0.5) is 0 Å². The van der Waals surface area contributed by atoms with Crippen molar-refractivity contribution >= 4 is 53.4 Å². The number of hydrogen-bond donors (Lipinski definition) is 0. The van der Waals surface area contributed by atoms with Gasteiger partial charge in [0.1, 0.15) is 0 Å². The second kappa shape index (κ2) is 7.18. The van der Waals surface area contributed by atoms with E-state index in [0.717, 1.165) is 43.4 Å². The molecule has 0 fully saturated rings. The van der Waals surface area contributed by atoms with E-state index in [2.05, 4.69) is 76.2 Å². The Hall–Kier alpha value is -3.63. The average molecular weight is 464 g/mol. The highest BCUT2D eigenvalue weighted by Gasteiger charge is 2.24. The lowest BCUT2D eigenvalue weighted by Gasteiger charge is -2.12. The molecule has 0 unspecified atom stereocenters. The predicted molar refractivity (Wildman–Crippen MR) is 142 cm³/mol. The number of nitrogens with zero attached hydrogens (tertiary/aromatic N) is 1. The lowest BCUT2D eigenvalue weighted by Crippen LogP contribution is -2.12. The quantitative estimate of drug-likeness (QED) is 0.266. The van der Waals surface area contributed by atoms with Crippen molar-refractivity contribution in [2.75, 3.05) is 0 Å². The molecule has 0 spiro atoms. The highest BCUT2D eigenvalue weighted by Crippen LogP contribution is 2.39. The number of aromatic nitrogens is 1. The van der Waals surface area contributed by atoms with Gasteiger partial charge in [0.25, 0.3) is 10.0 Å². The molecule has 0 aliphatic carbocycles. The summed E-state index contributed by atoms with van der Waals surface area (Å²) in [5.74, 6) is 0. The summed E-state index contributed by atoms with van der Waals surface area (Å²) >= 11 is 0. The van der Waals surface area contributed by atoms with E-state index in [1.165, 1.54) is 11.1 Å². The van der Waals surface area contributed by atoms with Crippen molar-refractivity contribution in [1.29, 1.82) is 0 Å². The number of fused-ring (bicyclic) bond motifs is 5. The van der Waals surface area contributed by atoms with E-state index in [1.807, 2.05) is 6.07 Å². The van der Waals surface area contributed by atoms with Gasteiger partial charge in [-0.25, -0.2) is 12.4 Å². The van der Waals surface area contributed by atoms with E-state index in [9.17, 15) is 8.42 Å². The Morgan fingerprint density at radius 1 is 0.500 bits per heavy atom. The number of aryl methyl sites for hydroxylation is 4. The van der Waals surface area contributed by atoms with Crippen molar-refractivity contribution in [1.82, 2.24) is 3.97 Å². The highest BCUT2D eigenvalue weighted by atomic mass is 32.2. The highest BCUT2D eigenvalue weighted by molar-refractivity contribution is 7.90. The first-order chi connectivity index (χ1) is 16.3. The molecule has 6 aromatic rings. The molecule has 0 aliphatic heterocycles. The van der Waals surface area contributed by atoms with Crippen LogP contribution in [0.3, 0.4) is 0 Å². The summed E-state index contributed by atoms with van der Waals surface area (Å²) in [6.07, 6.45) is 0. The molecule has 34 heavy (non-hydrogen) atoms. The van der Waals surface area contributed by atoms with Gasteiger partial charge in [-0.3, -0.25) is 0 Å². The predicted octanol–water partition coefficient (Wildman–Crippen LogP) is 7.57. The second-order valence-electron chi connectivity index (χ2n) is 9.31. The molecule has 0 saturated carbocycles. The van der Waals surface area contributed by atoms with E-state index < -0.39 is 10.0 Å². The van der Waals surface area contributed by atoms with Gasteiger partial charge in [-0.15, -0.1) is 0 Å². The van der Waals surface area contributed by atoms with Crippen LogP contribution in [0.2, 0.25) is 0 Å². The van der Waals surface area contributed by atoms with Gasteiger partial charge in [-0.05, 0) is 108 Å². The fourth-order valence-electron chi connectivity index (χ4n) is 5.19. The van der Waals surface area contributed by atoms with Crippen LogP contribution in [0.1, 0.15) is 22.3 Å². The maximum atomic E-state index is 14.1. The molecule has 6 rings (SSSR count). The molecule has 0 atom stereocenters. The minimum Gasteiger partial charge on any atom is -0.233 e. The first kappa shape index (κ1) is 20.9. The number of rotatable bonds is 2. The van der Waals surface area contributed by atoms with Crippen LogP contribution in [0.25, 0.3) is 43.4 Å². The molecule has 1 aromatic heterocycles. The van der Waals surface area contributed by atoms with Gasteiger partial charge in [0, 0.05) is 10.8 Å². The van der Waals surface area contributed by atoms with Gasteiger partial charge in [0.2, 0.25) is 0 Å². The Balaban J connectivity index is 1.89. The molecule has 0 aliphatic rings. The van der Waals surface area contributed by atoms with E-state index in [0.29, 0.717) is 11.0 Å². The molecule has 1 heterocycles. The minimum absolute atomic E-state index is 0.288. The molecular weight excluding hydrogens is 438 g/mol. The van der Waals surface area contributed by atoms with Crippen molar-refractivity contribution in [3.05, 3.63) is 101 Å². The standard InChI is InChI=1S/C30H25NO2S/c1-18-10-12-20(3)25-16-29-27(14-23(18)25)28-15-24-19(2)11-13-21(4)26(24)17-30(28)31(29)34(32,33)22-8-6-5-7-9-22/h5-17H,1-4H3. The lowest BCUT2D eigenvalue weighted by molar-refractivity contribution is 0.590. The Kier molecular flexibility index (Phi) is 4.42. The van der Waals surface area contributed by atoms with E-state index in [4.69, 9.17) is 0 Å². The SMILES string of the molecule is Cc1ccc(C)c2cc3c(cc12)c1cc2c(C)ccc(C)c2cc1n3S(=O)(=O)c1ccccc1. The third-order valence-corrected chi connectivity index (χ3v) is 8.89. The van der Waals surface area contributed by atoms with Crippen molar-refractivity contribution < 1.29 is 8.42 Å². The summed E-state index contributed by atoms with van der Waals surface area (Å²) in [5, 5.41) is 6.39. The molecule has 0 saturated heterocycles. The van der Waals surface area contributed by atoms with Crippen molar-refractivity contribution in [3.8, 4) is 0 Å². The van der Waals surface area contributed by atoms with Crippen LogP contribution in [0.15, 0.2) is 83.8 Å². The summed E-state index contributed by atoms with van der Waals surface area (Å²) in [4.78, 5) is 0.288. The first-order valence-corrected chi connectivity index (χ1v) is 12.9. The lowest BCUT2D eigenvalue weighted by atomic mass is 9.96. The van der Waals surface area contributed by atoms with E-state index >= 15 is 0 Å². The maximum absolute atomic E-state index is 14.1. The Morgan fingerprint density at radius 2 is 0.882 bits per heavy atom. The monoisotopic (exact) mass is 463 g/mol. The smallest absolute Gasteiger partial charge is 0.233 e. The zero-order valence-corrected chi connectivity index (χ0v) is 20.5.